The van der Waals surface area contributed by atoms with Gasteiger partial charge in [0.1, 0.15) is 11.6 Å². The first-order chi connectivity index (χ1) is 12.6. The number of aryl methyl sites for hydroxylation is 1. The van der Waals surface area contributed by atoms with Crippen LogP contribution in [0.3, 0.4) is 0 Å². The van der Waals surface area contributed by atoms with Crippen molar-refractivity contribution in [3.63, 3.8) is 0 Å². The summed E-state index contributed by atoms with van der Waals surface area (Å²) < 4.78 is 5.09. The first kappa shape index (κ1) is 17.4. The normalized spacial score (nSPS) is 10.2. The summed E-state index contributed by atoms with van der Waals surface area (Å²) in [6.45, 7) is 2.70. The van der Waals surface area contributed by atoms with E-state index < -0.39 is 0 Å². The van der Waals surface area contributed by atoms with E-state index in [9.17, 15) is 4.79 Å². The fourth-order valence-electron chi connectivity index (χ4n) is 2.32. The number of hydrogen-bond donors (Lipinski definition) is 2. The molecule has 26 heavy (non-hydrogen) atoms. The summed E-state index contributed by atoms with van der Waals surface area (Å²) >= 11 is 0. The molecule has 0 atom stereocenters. The summed E-state index contributed by atoms with van der Waals surface area (Å²) in [4.78, 5) is 12.2. The maximum absolute atomic E-state index is 12.2. The van der Waals surface area contributed by atoms with Crippen molar-refractivity contribution in [2.75, 3.05) is 17.7 Å². The number of rotatable bonds is 6. The van der Waals surface area contributed by atoms with Crippen molar-refractivity contribution < 1.29 is 9.53 Å². The number of nitrogens with one attached hydrogen (secondary N) is 2. The van der Waals surface area contributed by atoms with Crippen molar-refractivity contribution >= 4 is 17.4 Å². The fraction of sp³-hybridized carbons (Fsp3) is 0.150. The third-order valence-electron chi connectivity index (χ3n) is 3.84. The van der Waals surface area contributed by atoms with Crippen molar-refractivity contribution in [2.45, 2.75) is 13.5 Å². The molecule has 0 aliphatic heterocycles. The summed E-state index contributed by atoms with van der Waals surface area (Å²) in [6.07, 6.45) is 0. The zero-order chi connectivity index (χ0) is 18.4. The Morgan fingerprint density at radius 2 is 1.69 bits per heavy atom. The van der Waals surface area contributed by atoms with Crippen LogP contribution in [0.5, 0.6) is 5.75 Å². The molecule has 0 spiro atoms. The van der Waals surface area contributed by atoms with E-state index >= 15 is 0 Å². The van der Waals surface area contributed by atoms with E-state index in [0.29, 0.717) is 18.1 Å². The van der Waals surface area contributed by atoms with E-state index in [0.717, 1.165) is 11.3 Å². The van der Waals surface area contributed by atoms with E-state index in [1.807, 2.05) is 0 Å². The molecule has 0 unspecified atom stereocenters. The highest BCUT2D eigenvalue weighted by Gasteiger charge is 2.09. The predicted octanol–water partition coefficient (Wildman–Crippen LogP) is 3.66. The van der Waals surface area contributed by atoms with Gasteiger partial charge in [0.25, 0.3) is 5.91 Å². The Balaban J connectivity index is 1.57. The van der Waals surface area contributed by atoms with Gasteiger partial charge >= 0.3 is 0 Å². The van der Waals surface area contributed by atoms with Gasteiger partial charge in [-0.2, -0.15) is 0 Å². The molecule has 132 valence electrons. The van der Waals surface area contributed by atoms with E-state index in [1.54, 1.807) is 43.5 Å². The summed E-state index contributed by atoms with van der Waals surface area (Å²) in [5.41, 5.74) is 3.29. The molecular formula is C20H20N4O2. The summed E-state index contributed by atoms with van der Waals surface area (Å²) in [5, 5.41) is 14.0. The van der Waals surface area contributed by atoms with E-state index in [1.165, 1.54) is 5.56 Å². The smallest absolute Gasteiger partial charge is 0.276 e. The summed E-state index contributed by atoms with van der Waals surface area (Å²) in [5.74, 6) is 1.03. The number of anilines is 2. The molecule has 6 heteroatoms. The van der Waals surface area contributed by atoms with Gasteiger partial charge in [-0.25, -0.2) is 0 Å². The van der Waals surface area contributed by atoms with Gasteiger partial charge in [-0.05, 0) is 48.9 Å². The lowest BCUT2D eigenvalue weighted by Crippen LogP contribution is -2.14. The van der Waals surface area contributed by atoms with Crippen molar-refractivity contribution in [1.82, 2.24) is 10.2 Å². The van der Waals surface area contributed by atoms with Crippen LogP contribution in [-0.2, 0) is 6.54 Å². The predicted molar refractivity (Wildman–Crippen MR) is 101 cm³/mol. The van der Waals surface area contributed by atoms with Gasteiger partial charge < -0.3 is 15.4 Å². The number of hydrogen-bond acceptors (Lipinski definition) is 5. The van der Waals surface area contributed by atoms with E-state index in [-0.39, 0.29) is 11.6 Å². The average Bonchev–Trinajstić information content (AvgIpc) is 2.68. The van der Waals surface area contributed by atoms with Crippen molar-refractivity contribution in [3.8, 4) is 5.75 Å². The molecule has 0 saturated heterocycles. The highest BCUT2D eigenvalue weighted by Crippen LogP contribution is 2.16. The minimum atomic E-state index is -0.312. The Morgan fingerprint density at radius 3 is 2.31 bits per heavy atom. The van der Waals surface area contributed by atoms with Gasteiger partial charge in [0, 0.05) is 12.2 Å². The Morgan fingerprint density at radius 1 is 0.962 bits per heavy atom. The molecule has 0 fully saturated rings. The van der Waals surface area contributed by atoms with Crippen molar-refractivity contribution in [2.24, 2.45) is 0 Å². The zero-order valence-electron chi connectivity index (χ0n) is 14.7. The molecule has 3 rings (SSSR count). The standard InChI is InChI=1S/C20H20N4O2/c1-14-3-5-15(6-4-14)13-21-19-12-11-18(23-24-19)20(25)22-16-7-9-17(26-2)10-8-16/h3-12H,13H2,1-2H3,(H,21,24)(H,22,25). The van der Waals surface area contributed by atoms with Crippen LogP contribution in [0.25, 0.3) is 0 Å². The minimum Gasteiger partial charge on any atom is -0.497 e. The van der Waals surface area contributed by atoms with Gasteiger partial charge in [0.2, 0.25) is 0 Å². The third-order valence-corrected chi connectivity index (χ3v) is 3.84. The van der Waals surface area contributed by atoms with Crippen LogP contribution in [0.4, 0.5) is 11.5 Å². The molecule has 0 aliphatic carbocycles. The molecule has 0 aliphatic rings. The topological polar surface area (TPSA) is 76.1 Å². The minimum absolute atomic E-state index is 0.252. The van der Waals surface area contributed by atoms with Crippen LogP contribution >= 0.6 is 0 Å². The van der Waals surface area contributed by atoms with Crippen LogP contribution in [0.2, 0.25) is 0 Å². The second-order valence-electron chi connectivity index (χ2n) is 5.83. The molecule has 3 aromatic rings. The van der Waals surface area contributed by atoms with Gasteiger partial charge in [0.05, 0.1) is 7.11 Å². The van der Waals surface area contributed by atoms with Crippen LogP contribution in [0, 0.1) is 6.92 Å². The molecule has 1 amide bonds. The first-order valence-corrected chi connectivity index (χ1v) is 8.22. The lowest BCUT2D eigenvalue weighted by Gasteiger charge is -2.07. The quantitative estimate of drug-likeness (QED) is 0.711. The molecule has 1 aromatic heterocycles. The highest BCUT2D eigenvalue weighted by atomic mass is 16.5. The molecule has 0 bridgehead atoms. The third kappa shape index (κ3) is 4.57. The van der Waals surface area contributed by atoms with Crippen LogP contribution in [0.1, 0.15) is 21.6 Å². The maximum Gasteiger partial charge on any atom is 0.276 e. The van der Waals surface area contributed by atoms with E-state index in [2.05, 4.69) is 52.0 Å². The number of carbonyl (C=O) groups is 1. The number of carbonyl (C=O) groups excluding carboxylic acids is 1. The number of amides is 1. The molecular weight excluding hydrogens is 328 g/mol. The Bertz CT molecular complexity index is 860. The van der Waals surface area contributed by atoms with Gasteiger partial charge in [-0.3, -0.25) is 4.79 Å². The van der Waals surface area contributed by atoms with Gasteiger partial charge in [-0.1, -0.05) is 29.8 Å². The van der Waals surface area contributed by atoms with E-state index in [4.69, 9.17) is 4.74 Å². The molecule has 6 nitrogen and oxygen atoms in total. The molecule has 1 heterocycles. The van der Waals surface area contributed by atoms with Gasteiger partial charge in [-0.15, -0.1) is 10.2 Å². The second-order valence-corrected chi connectivity index (χ2v) is 5.83. The Labute approximate surface area is 152 Å². The maximum atomic E-state index is 12.2. The Hall–Kier alpha value is -3.41. The number of nitrogens with zero attached hydrogens (tertiary/aromatic N) is 2. The molecule has 0 saturated carbocycles. The SMILES string of the molecule is COc1ccc(NC(=O)c2ccc(NCc3ccc(C)cc3)nn2)cc1. The van der Waals surface area contributed by atoms with Gasteiger partial charge in [0.15, 0.2) is 5.69 Å². The number of aromatic nitrogens is 2. The molecule has 2 aromatic carbocycles. The van der Waals surface area contributed by atoms with Crippen LogP contribution in [0.15, 0.2) is 60.7 Å². The summed E-state index contributed by atoms with van der Waals surface area (Å²) in [7, 11) is 1.59. The number of methoxy groups -OCH3 is 1. The fourth-order valence-corrected chi connectivity index (χ4v) is 2.32. The molecule has 2 N–H and O–H groups in total. The van der Waals surface area contributed by atoms with Crippen molar-refractivity contribution in [1.29, 1.82) is 0 Å². The number of benzene rings is 2. The number of ether oxygens (including phenoxy) is 1. The van der Waals surface area contributed by atoms with Crippen LogP contribution in [-0.4, -0.2) is 23.2 Å². The zero-order valence-corrected chi connectivity index (χ0v) is 14.7. The lowest BCUT2D eigenvalue weighted by atomic mass is 10.1. The molecule has 0 radical (unpaired) electrons. The summed E-state index contributed by atoms with van der Waals surface area (Å²) in [6, 6.07) is 18.7. The monoisotopic (exact) mass is 348 g/mol. The second kappa shape index (κ2) is 8.11. The average molecular weight is 348 g/mol. The largest absolute Gasteiger partial charge is 0.497 e. The first-order valence-electron chi connectivity index (χ1n) is 8.22. The highest BCUT2D eigenvalue weighted by molar-refractivity contribution is 6.02. The van der Waals surface area contributed by atoms with Crippen LogP contribution < -0.4 is 15.4 Å². The Kier molecular flexibility index (Phi) is 5.43. The lowest BCUT2D eigenvalue weighted by molar-refractivity contribution is 0.102. The van der Waals surface area contributed by atoms with Crippen molar-refractivity contribution in [3.05, 3.63) is 77.5 Å².